The Labute approximate surface area is 119 Å². The maximum atomic E-state index is 12.4. The summed E-state index contributed by atoms with van der Waals surface area (Å²) in [5.41, 5.74) is 0. The highest BCUT2D eigenvalue weighted by atomic mass is 16.3. The van der Waals surface area contributed by atoms with Gasteiger partial charge < -0.3 is 15.1 Å². The lowest BCUT2D eigenvalue weighted by molar-refractivity contribution is -0.126. The molecule has 1 aromatic rings. The van der Waals surface area contributed by atoms with Gasteiger partial charge in [0.2, 0.25) is 5.91 Å². The number of piperidine rings is 1. The van der Waals surface area contributed by atoms with Gasteiger partial charge in [0.1, 0.15) is 5.76 Å². The summed E-state index contributed by atoms with van der Waals surface area (Å²) in [4.78, 5) is 14.8. The molecule has 0 spiro atoms. The number of likely N-dealkylation sites (tertiary alicyclic amines) is 1. The Kier molecular flexibility index (Phi) is 4.38. The molecule has 0 bridgehead atoms. The fraction of sp³-hybridized carbons (Fsp3) is 0.667. The summed E-state index contributed by atoms with van der Waals surface area (Å²) < 4.78 is 5.25. The first-order valence-electron chi connectivity index (χ1n) is 7.61. The number of furan rings is 1. The van der Waals surface area contributed by atoms with Crippen molar-refractivity contribution in [3.63, 3.8) is 0 Å². The quantitative estimate of drug-likeness (QED) is 0.865. The van der Waals surface area contributed by atoms with Crippen molar-refractivity contribution >= 4 is 5.91 Å². The third-order valence-corrected chi connectivity index (χ3v) is 4.39. The van der Waals surface area contributed by atoms with Crippen LogP contribution < -0.4 is 10.6 Å². The van der Waals surface area contributed by atoms with Crippen molar-refractivity contribution in [3.8, 4) is 0 Å². The van der Waals surface area contributed by atoms with E-state index in [1.54, 1.807) is 6.26 Å². The van der Waals surface area contributed by atoms with E-state index in [1.165, 1.54) is 0 Å². The molecule has 2 fully saturated rings. The second-order valence-corrected chi connectivity index (χ2v) is 5.67. The molecule has 20 heavy (non-hydrogen) atoms. The van der Waals surface area contributed by atoms with Gasteiger partial charge in [0.25, 0.3) is 0 Å². The van der Waals surface area contributed by atoms with Gasteiger partial charge in [-0.1, -0.05) is 0 Å². The second kappa shape index (κ2) is 6.41. The van der Waals surface area contributed by atoms with Crippen molar-refractivity contribution in [2.24, 2.45) is 0 Å². The van der Waals surface area contributed by atoms with Crippen LogP contribution in [-0.4, -0.2) is 42.5 Å². The van der Waals surface area contributed by atoms with Crippen LogP contribution >= 0.6 is 0 Å². The molecule has 1 aromatic heterocycles. The summed E-state index contributed by atoms with van der Waals surface area (Å²) in [5, 5.41) is 6.39. The first-order valence-corrected chi connectivity index (χ1v) is 7.61. The van der Waals surface area contributed by atoms with E-state index in [1.807, 2.05) is 12.1 Å². The topological polar surface area (TPSA) is 57.5 Å². The fourth-order valence-electron chi connectivity index (χ4n) is 3.35. The van der Waals surface area contributed by atoms with E-state index in [0.29, 0.717) is 12.6 Å². The van der Waals surface area contributed by atoms with Crippen LogP contribution in [0.1, 0.15) is 31.4 Å². The number of hydrogen-bond acceptors (Lipinski definition) is 4. The second-order valence-electron chi connectivity index (χ2n) is 5.67. The summed E-state index contributed by atoms with van der Waals surface area (Å²) in [6.07, 6.45) is 6.05. The summed E-state index contributed by atoms with van der Waals surface area (Å²) in [7, 11) is 0. The van der Waals surface area contributed by atoms with Crippen molar-refractivity contribution < 1.29 is 9.21 Å². The van der Waals surface area contributed by atoms with E-state index in [9.17, 15) is 4.79 Å². The van der Waals surface area contributed by atoms with E-state index in [4.69, 9.17) is 4.42 Å². The molecule has 0 aliphatic carbocycles. The number of carbonyl (C=O) groups excluding carboxylic acids is 1. The van der Waals surface area contributed by atoms with Crippen molar-refractivity contribution in [1.29, 1.82) is 0 Å². The minimum absolute atomic E-state index is 0.0491. The zero-order chi connectivity index (χ0) is 13.8. The molecule has 5 heteroatoms. The number of nitrogens with one attached hydrogen (secondary N) is 2. The van der Waals surface area contributed by atoms with Crippen LogP contribution in [-0.2, 0) is 11.3 Å². The van der Waals surface area contributed by atoms with Crippen LogP contribution in [0.5, 0.6) is 0 Å². The van der Waals surface area contributed by atoms with Crippen molar-refractivity contribution in [2.45, 2.75) is 44.3 Å². The molecule has 0 aromatic carbocycles. The van der Waals surface area contributed by atoms with E-state index < -0.39 is 0 Å². The molecule has 2 saturated heterocycles. The number of hydrogen-bond donors (Lipinski definition) is 2. The summed E-state index contributed by atoms with van der Waals surface area (Å²) in [6.45, 7) is 3.69. The third kappa shape index (κ3) is 3.04. The Morgan fingerprint density at radius 3 is 3.00 bits per heavy atom. The van der Waals surface area contributed by atoms with Crippen molar-refractivity contribution in [3.05, 3.63) is 24.2 Å². The molecule has 110 valence electrons. The van der Waals surface area contributed by atoms with Crippen LogP contribution in [0, 0.1) is 0 Å². The maximum Gasteiger partial charge on any atom is 0.237 e. The molecule has 5 nitrogen and oxygen atoms in total. The molecule has 3 heterocycles. The van der Waals surface area contributed by atoms with Crippen LogP contribution in [0.15, 0.2) is 22.8 Å². The van der Waals surface area contributed by atoms with Gasteiger partial charge in [0.15, 0.2) is 0 Å². The molecule has 1 unspecified atom stereocenters. The first kappa shape index (κ1) is 13.6. The summed E-state index contributed by atoms with van der Waals surface area (Å²) in [6, 6.07) is 4.35. The van der Waals surface area contributed by atoms with Crippen molar-refractivity contribution in [1.82, 2.24) is 15.5 Å². The SMILES string of the molecule is O=C(NCc1ccco1)C1CCCN1C1CCNCC1. The lowest BCUT2D eigenvalue weighted by Crippen LogP contribution is -2.50. The van der Waals surface area contributed by atoms with Gasteiger partial charge in [-0.2, -0.15) is 0 Å². The highest BCUT2D eigenvalue weighted by Gasteiger charge is 2.35. The Bertz CT molecular complexity index is 426. The van der Waals surface area contributed by atoms with E-state index in [-0.39, 0.29) is 11.9 Å². The minimum Gasteiger partial charge on any atom is -0.467 e. The number of amides is 1. The molecule has 2 aliphatic heterocycles. The lowest BCUT2D eigenvalue weighted by atomic mass is 10.0. The van der Waals surface area contributed by atoms with Crippen molar-refractivity contribution in [2.75, 3.05) is 19.6 Å². The zero-order valence-corrected chi connectivity index (χ0v) is 11.8. The molecule has 2 aliphatic rings. The van der Waals surface area contributed by atoms with Gasteiger partial charge in [-0.15, -0.1) is 0 Å². The fourth-order valence-corrected chi connectivity index (χ4v) is 3.35. The Morgan fingerprint density at radius 2 is 2.25 bits per heavy atom. The molecule has 1 atom stereocenters. The molecular formula is C15H23N3O2. The lowest BCUT2D eigenvalue weighted by Gasteiger charge is -2.35. The van der Waals surface area contributed by atoms with Crippen LogP contribution in [0.4, 0.5) is 0 Å². The predicted octanol–water partition coefficient (Wildman–Crippen LogP) is 1.11. The normalized spacial score (nSPS) is 24.9. The van der Waals surface area contributed by atoms with Gasteiger partial charge in [-0.25, -0.2) is 0 Å². The van der Waals surface area contributed by atoms with Gasteiger partial charge in [0, 0.05) is 6.04 Å². The summed E-state index contributed by atoms with van der Waals surface area (Å²) >= 11 is 0. The molecule has 0 saturated carbocycles. The van der Waals surface area contributed by atoms with Crippen LogP contribution in [0.3, 0.4) is 0 Å². The van der Waals surface area contributed by atoms with E-state index in [2.05, 4.69) is 15.5 Å². The molecule has 0 radical (unpaired) electrons. The minimum atomic E-state index is 0.0491. The van der Waals surface area contributed by atoms with Gasteiger partial charge in [-0.05, 0) is 57.5 Å². The zero-order valence-electron chi connectivity index (χ0n) is 11.8. The largest absolute Gasteiger partial charge is 0.467 e. The van der Waals surface area contributed by atoms with E-state index >= 15 is 0 Å². The summed E-state index contributed by atoms with van der Waals surface area (Å²) in [5.74, 6) is 0.960. The molecule has 2 N–H and O–H groups in total. The van der Waals surface area contributed by atoms with Gasteiger partial charge in [0.05, 0.1) is 18.8 Å². The average molecular weight is 277 g/mol. The number of rotatable bonds is 4. The highest BCUT2D eigenvalue weighted by molar-refractivity contribution is 5.82. The first-order chi connectivity index (χ1) is 9.84. The van der Waals surface area contributed by atoms with Crippen LogP contribution in [0.2, 0.25) is 0 Å². The number of carbonyl (C=O) groups is 1. The van der Waals surface area contributed by atoms with E-state index in [0.717, 1.165) is 51.1 Å². The highest BCUT2D eigenvalue weighted by Crippen LogP contribution is 2.24. The Balaban J connectivity index is 1.55. The maximum absolute atomic E-state index is 12.4. The Hall–Kier alpha value is -1.33. The molecule has 1 amide bonds. The van der Waals surface area contributed by atoms with Gasteiger partial charge >= 0.3 is 0 Å². The molecular weight excluding hydrogens is 254 g/mol. The monoisotopic (exact) mass is 277 g/mol. The van der Waals surface area contributed by atoms with Crippen LogP contribution in [0.25, 0.3) is 0 Å². The Morgan fingerprint density at radius 1 is 1.40 bits per heavy atom. The third-order valence-electron chi connectivity index (χ3n) is 4.39. The standard InChI is InChI=1S/C15H23N3O2/c19-15(17-11-13-3-2-10-20-13)14-4-1-9-18(14)12-5-7-16-8-6-12/h2-3,10,12,14,16H,1,4-9,11H2,(H,17,19). The predicted molar refractivity (Wildman–Crippen MR) is 76.2 cm³/mol. The number of nitrogens with zero attached hydrogens (tertiary/aromatic N) is 1. The molecule has 3 rings (SSSR count). The van der Waals surface area contributed by atoms with Gasteiger partial charge in [-0.3, -0.25) is 9.69 Å². The average Bonchev–Trinajstić information content (AvgIpc) is 3.17. The smallest absolute Gasteiger partial charge is 0.237 e.